The van der Waals surface area contributed by atoms with Crippen molar-refractivity contribution < 1.29 is 0 Å². The van der Waals surface area contributed by atoms with E-state index in [9.17, 15) is 0 Å². The van der Waals surface area contributed by atoms with E-state index in [1.165, 1.54) is 11.3 Å². The fourth-order valence-electron chi connectivity index (χ4n) is 3.17. The van der Waals surface area contributed by atoms with E-state index in [4.69, 9.17) is 0 Å². The van der Waals surface area contributed by atoms with Crippen LogP contribution >= 0.6 is 15.9 Å². The number of aromatic nitrogens is 3. The van der Waals surface area contributed by atoms with Crippen LogP contribution in [0, 0.1) is 0 Å². The van der Waals surface area contributed by atoms with Gasteiger partial charge in [0.2, 0.25) is 0 Å². The number of hydrogen-bond acceptors (Lipinski definition) is 4. The number of nitrogens with zero attached hydrogens (tertiary/aromatic N) is 4. The lowest BCUT2D eigenvalue weighted by atomic mass is 10.1. The third-order valence-corrected chi connectivity index (χ3v) is 4.83. The van der Waals surface area contributed by atoms with E-state index in [0.717, 1.165) is 36.3 Å². The molecule has 0 amide bonds. The van der Waals surface area contributed by atoms with Gasteiger partial charge in [-0.05, 0) is 23.8 Å². The van der Waals surface area contributed by atoms with Crippen LogP contribution in [0.1, 0.15) is 17.3 Å². The van der Waals surface area contributed by atoms with Gasteiger partial charge in [0.25, 0.3) is 0 Å². The minimum atomic E-state index is 0.346. The van der Waals surface area contributed by atoms with Crippen LogP contribution in [0.15, 0.2) is 53.5 Å². The molecule has 0 spiro atoms. The van der Waals surface area contributed by atoms with Crippen LogP contribution < -0.4 is 5.32 Å². The summed E-state index contributed by atoms with van der Waals surface area (Å²) in [6.45, 7) is 3.86. The number of rotatable bonds is 3. The highest BCUT2D eigenvalue weighted by molar-refractivity contribution is 9.10. The van der Waals surface area contributed by atoms with Gasteiger partial charge in [-0.25, -0.2) is 4.98 Å². The summed E-state index contributed by atoms with van der Waals surface area (Å²) in [6.07, 6.45) is 7.84. The smallest absolute Gasteiger partial charge is 0.138 e. The number of fused-ring (bicyclic) bond motifs is 1. The summed E-state index contributed by atoms with van der Waals surface area (Å²) in [5.41, 5.74) is 3.45. The zero-order valence-electron chi connectivity index (χ0n) is 12.7. The molecule has 0 aliphatic carbocycles. The Morgan fingerprint density at radius 2 is 2.26 bits per heavy atom. The van der Waals surface area contributed by atoms with Crippen LogP contribution in [0.3, 0.4) is 0 Å². The van der Waals surface area contributed by atoms with Crippen molar-refractivity contribution in [3.05, 3.63) is 64.8 Å². The van der Waals surface area contributed by atoms with Gasteiger partial charge < -0.3 is 9.72 Å². The monoisotopic (exact) mass is 371 g/mol. The molecule has 118 valence electrons. The molecule has 0 saturated carbocycles. The molecule has 4 rings (SSSR count). The van der Waals surface area contributed by atoms with E-state index < -0.39 is 0 Å². The highest BCUT2D eigenvalue weighted by atomic mass is 79.9. The van der Waals surface area contributed by atoms with Crippen LogP contribution in [-0.2, 0) is 6.54 Å². The SMILES string of the molecule is Brc1ccn2c(CN3CCNCC3c3cccnc3)cnc2c1. The minimum Gasteiger partial charge on any atom is -0.314 e. The van der Waals surface area contributed by atoms with Crippen molar-refractivity contribution in [1.82, 2.24) is 24.6 Å². The molecule has 1 fully saturated rings. The molecule has 4 heterocycles. The van der Waals surface area contributed by atoms with Gasteiger partial charge in [-0.3, -0.25) is 9.88 Å². The van der Waals surface area contributed by atoms with Crippen molar-refractivity contribution in [2.75, 3.05) is 19.6 Å². The summed E-state index contributed by atoms with van der Waals surface area (Å²) in [7, 11) is 0. The maximum atomic E-state index is 4.52. The zero-order valence-corrected chi connectivity index (χ0v) is 14.3. The molecule has 1 aliphatic heterocycles. The Bertz CT molecular complexity index is 801. The lowest BCUT2D eigenvalue weighted by Gasteiger charge is -2.36. The Kier molecular flexibility index (Phi) is 4.11. The fourth-order valence-corrected chi connectivity index (χ4v) is 3.49. The lowest BCUT2D eigenvalue weighted by molar-refractivity contribution is 0.151. The Balaban J connectivity index is 1.62. The van der Waals surface area contributed by atoms with Gasteiger partial charge in [-0.1, -0.05) is 22.0 Å². The van der Waals surface area contributed by atoms with Crippen molar-refractivity contribution in [2.45, 2.75) is 12.6 Å². The summed E-state index contributed by atoms with van der Waals surface area (Å²) < 4.78 is 3.21. The number of halogens is 1. The molecular weight excluding hydrogens is 354 g/mol. The number of piperazine rings is 1. The van der Waals surface area contributed by atoms with Gasteiger partial charge in [-0.2, -0.15) is 0 Å². The van der Waals surface area contributed by atoms with Gasteiger partial charge in [-0.15, -0.1) is 0 Å². The first-order valence-electron chi connectivity index (χ1n) is 7.77. The van der Waals surface area contributed by atoms with E-state index >= 15 is 0 Å². The third-order valence-electron chi connectivity index (χ3n) is 4.34. The topological polar surface area (TPSA) is 45.5 Å². The quantitative estimate of drug-likeness (QED) is 0.768. The predicted molar refractivity (Wildman–Crippen MR) is 93.1 cm³/mol. The Labute approximate surface area is 143 Å². The zero-order chi connectivity index (χ0) is 15.6. The lowest BCUT2D eigenvalue weighted by Crippen LogP contribution is -2.45. The molecule has 1 atom stereocenters. The fraction of sp³-hybridized carbons (Fsp3) is 0.294. The second-order valence-electron chi connectivity index (χ2n) is 5.80. The molecule has 1 saturated heterocycles. The van der Waals surface area contributed by atoms with Crippen molar-refractivity contribution >= 4 is 21.6 Å². The Hall–Kier alpha value is -1.76. The highest BCUT2D eigenvalue weighted by Crippen LogP contribution is 2.24. The average molecular weight is 372 g/mol. The van der Waals surface area contributed by atoms with Crippen molar-refractivity contribution in [3.63, 3.8) is 0 Å². The highest BCUT2D eigenvalue weighted by Gasteiger charge is 2.24. The van der Waals surface area contributed by atoms with E-state index in [1.54, 1.807) is 0 Å². The molecule has 5 nitrogen and oxygen atoms in total. The van der Waals surface area contributed by atoms with Crippen LogP contribution in [0.4, 0.5) is 0 Å². The summed E-state index contributed by atoms with van der Waals surface area (Å²) in [5.74, 6) is 0. The summed E-state index contributed by atoms with van der Waals surface area (Å²) in [4.78, 5) is 11.3. The molecule has 0 aromatic carbocycles. The van der Waals surface area contributed by atoms with Gasteiger partial charge in [0.15, 0.2) is 0 Å². The first-order chi connectivity index (χ1) is 11.3. The molecular formula is C17H18BrN5. The van der Waals surface area contributed by atoms with Crippen LogP contribution in [0.2, 0.25) is 0 Å². The number of imidazole rings is 1. The van der Waals surface area contributed by atoms with Crippen molar-refractivity contribution in [1.29, 1.82) is 0 Å². The minimum absolute atomic E-state index is 0.346. The second-order valence-corrected chi connectivity index (χ2v) is 6.72. The maximum absolute atomic E-state index is 4.52. The maximum Gasteiger partial charge on any atom is 0.138 e. The summed E-state index contributed by atoms with van der Waals surface area (Å²) >= 11 is 3.50. The molecule has 0 bridgehead atoms. The van der Waals surface area contributed by atoms with E-state index in [0.29, 0.717) is 6.04 Å². The second kappa shape index (κ2) is 6.39. The Morgan fingerprint density at radius 3 is 3.13 bits per heavy atom. The summed E-state index contributed by atoms with van der Waals surface area (Å²) in [6, 6.07) is 8.60. The van der Waals surface area contributed by atoms with Gasteiger partial charge in [0, 0.05) is 55.3 Å². The van der Waals surface area contributed by atoms with Crippen molar-refractivity contribution in [2.24, 2.45) is 0 Å². The molecule has 0 radical (unpaired) electrons. The van der Waals surface area contributed by atoms with Crippen LogP contribution in [0.25, 0.3) is 5.65 Å². The first-order valence-corrected chi connectivity index (χ1v) is 8.57. The summed E-state index contributed by atoms with van der Waals surface area (Å²) in [5, 5.41) is 3.49. The normalized spacial score (nSPS) is 19.3. The third kappa shape index (κ3) is 3.02. The van der Waals surface area contributed by atoms with E-state index in [1.807, 2.05) is 30.7 Å². The average Bonchev–Trinajstić information content (AvgIpc) is 2.98. The van der Waals surface area contributed by atoms with E-state index in [-0.39, 0.29) is 0 Å². The van der Waals surface area contributed by atoms with Crippen LogP contribution in [0.5, 0.6) is 0 Å². The largest absolute Gasteiger partial charge is 0.314 e. The molecule has 1 N–H and O–H groups in total. The molecule has 1 aliphatic rings. The van der Waals surface area contributed by atoms with Gasteiger partial charge in [0.1, 0.15) is 5.65 Å². The van der Waals surface area contributed by atoms with Crippen LogP contribution in [-0.4, -0.2) is 38.9 Å². The molecule has 3 aromatic heterocycles. The first kappa shape index (κ1) is 14.8. The molecule has 1 unspecified atom stereocenters. The molecule has 3 aromatic rings. The number of hydrogen-bond donors (Lipinski definition) is 1. The number of nitrogens with one attached hydrogen (secondary N) is 1. The predicted octanol–water partition coefficient (Wildman–Crippen LogP) is 2.64. The van der Waals surface area contributed by atoms with Crippen molar-refractivity contribution in [3.8, 4) is 0 Å². The number of pyridine rings is 2. The Morgan fingerprint density at radius 1 is 1.30 bits per heavy atom. The molecule has 23 heavy (non-hydrogen) atoms. The van der Waals surface area contributed by atoms with Gasteiger partial charge in [0.05, 0.1) is 11.9 Å². The molecule has 6 heteroatoms. The van der Waals surface area contributed by atoms with E-state index in [2.05, 4.69) is 58.8 Å². The van der Waals surface area contributed by atoms with Gasteiger partial charge >= 0.3 is 0 Å². The standard InChI is InChI=1S/C17H18BrN5/c18-14-3-6-23-15(10-21-17(23)8-14)12-22-7-5-20-11-16(22)13-2-1-4-19-9-13/h1-4,6,8-10,16,20H,5,7,11-12H2.